The summed E-state index contributed by atoms with van der Waals surface area (Å²) in [6.07, 6.45) is 2.09. The van der Waals surface area contributed by atoms with Crippen molar-refractivity contribution in [2.75, 3.05) is 0 Å². The first-order valence-corrected chi connectivity index (χ1v) is 12.3. The van der Waals surface area contributed by atoms with Gasteiger partial charge in [-0.05, 0) is 53.4 Å². The maximum Gasteiger partial charge on any atom is 0.254 e. The van der Waals surface area contributed by atoms with Crippen LogP contribution in [0.15, 0.2) is 128 Å². The molecule has 3 heteroatoms. The highest BCUT2D eigenvalue weighted by Gasteiger charge is 2.18. The van der Waals surface area contributed by atoms with Crippen molar-refractivity contribution in [2.24, 2.45) is 0 Å². The van der Waals surface area contributed by atoms with Crippen LogP contribution in [0.25, 0.3) is 11.1 Å². The van der Waals surface area contributed by atoms with E-state index in [-0.39, 0.29) is 5.91 Å². The van der Waals surface area contributed by atoms with Crippen molar-refractivity contribution in [3.05, 3.63) is 155 Å². The van der Waals surface area contributed by atoms with Crippen LogP contribution in [0, 0.1) is 6.92 Å². The lowest BCUT2D eigenvalue weighted by Crippen LogP contribution is -2.31. The van der Waals surface area contributed by atoms with Crippen molar-refractivity contribution in [3.63, 3.8) is 0 Å². The molecule has 1 aromatic heterocycles. The Morgan fingerprint density at radius 1 is 0.639 bits per heavy atom. The molecular weight excluding hydrogens is 440 g/mol. The average molecular weight is 471 g/mol. The van der Waals surface area contributed by atoms with Crippen LogP contribution < -0.4 is 0 Å². The Morgan fingerprint density at radius 3 is 1.97 bits per heavy atom. The van der Waals surface area contributed by atoms with Gasteiger partial charge in [0, 0.05) is 30.5 Å². The van der Waals surface area contributed by atoms with Gasteiger partial charge in [-0.2, -0.15) is 0 Å². The van der Waals surface area contributed by atoms with Crippen molar-refractivity contribution in [2.45, 2.75) is 26.6 Å². The summed E-state index contributed by atoms with van der Waals surface area (Å²) < 4.78 is 2.23. The molecular formula is C33H30N2O. The molecule has 0 bridgehead atoms. The number of amides is 1. The molecule has 0 fully saturated rings. The first-order valence-electron chi connectivity index (χ1n) is 12.3. The second kappa shape index (κ2) is 10.9. The molecule has 4 aromatic carbocycles. The van der Waals surface area contributed by atoms with Gasteiger partial charge in [0.25, 0.3) is 5.91 Å². The van der Waals surface area contributed by atoms with E-state index in [1.165, 1.54) is 11.1 Å². The topological polar surface area (TPSA) is 25.2 Å². The number of rotatable bonds is 8. The van der Waals surface area contributed by atoms with Gasteiger partial charge in [-0.15, -0.1) is 0 Å². The zero-order valence-electron chi connectivity index (χ0n) is 20.5. The zero-order chi connectivity index (χ0) is 24.7. The highest BCUT2D eigenvalue weighted by molar-refractivity contribution is 5.94. The van der Waals surface area contributed by atoms with Crippen LogP contribution in [0.3, 0.4) is 0 Å². The lowest BCUT2D eigenvalue weighted by atomic mass is 10.0. The number of hydrogen-bond donors (Lipinski definition) is 0. The minimum absolute atomic E-state index is 0.0292. The number of aryl methyl sites for hydroxylation is 1. The maximum absolute atomic E-state index is 13.7. The Morgan fingerprint density at radius 2 is 1.28 bits per heavy atom. The molecule has 0 saturated heterocycles. The third-order valence-electron chi connectivity index (χ3n) is 6.49. The Labute approximate surface area is 213 Å². The van der Waals surface area contributed by atoms with E-state index in [9.17, 15) is 4.79 Å². The van der Waals surface area contributed by atoms with Crippen molar-refractivity contribution < 1.29 is 4.79 Å². The Kier molecular flexibility index (Phi) is 7.09. The summed E-state index contributed by atoms with van der Waals surface area (Å²) in [5.41, 5.74) is 7.67. The summed E-state index contributed by atoms with van der Waals surface area (Å²) in [6, 6.07) is 41.2. The first kappa shape index (κ1) is 23.4. The van der Waals surface area contributed by atoms with E-state index in [0.29, 0.717) is 18.7 Å². The smallest absolute Gasteiger partial charge is 0.254 e. The quantitative estimate of drug-likeness (QED) is 0.233. The van der Waals surface area contributed by atoms with Crippen molar-refractivity contribution >= 4 is 5.91 Å². The van der Waals surface area contributed by atoms with Crippen molar-refractivity contribution in [3.8, 4) is 11.1 Å². The Balaban J connectivity index is 1.39. The average Bonchev–Trinajstić information content (AvgIpc) is 3.36. The van der Waals surface area contributed by atoms with E-state index in [1.807, 2.05) is 65.6 Å². The van der Waals surface area contributed by atoms with Crippen LogP contribution >= 0.6 is 0 Å². The van der Waals surface area contributed by atoms with E-state index in [0.717, 1.165) is 28.9 Å². The van der Waals surface area contributed by atoms with Gasteiger partial charge in [-0.25, -0.2) is 0 Å². The predicted octanol–water partition coefficient (Wildman–Crippen LogP) is 7.35. The van der Waals surface area contributed by atoms with Gasteiger partial charge in [0.1, 0.15) is 0 Å². The normalized spacial score (nSPS) is 10.8. The minimum Gasteiger partial charge on any atom is -0.345 e. The summed E-state index contributed by atoms with van der Waals surface area (Å²) in [7, 11) is 0. The predicted molar refractivity (Wildman–Crippen MR) is 147 cm³/mol. The Bertz CT molecular complexity index is 1400. The zero-order valence-corrected chi connectivity index (χ0v) is 20.5. The van der Waals surface area contributed by atoms with Gasteiger partial charge in [0.2, 0.25) is 0 Å². The number of aromatic nitrogens is 1. The fourth-order valence-corrected chi connectivity index (χ4v) is 4.45. The third-order valence-corrected chi connectivity index (χ3v) is 6.49. The SMILES string of the molecule is Cc1ccc(Cn2cccc2CN(Cc2ccccc2)C(=O)c2ccc(-c3ccccc3)cc2)cc1. The van der Waals surface area contributed by atoms with E-state index >= 15 is 0 Å². The van der Waals surface area contributed by atoms with Crippen LogP contribution in [0.2, 0.25) is 0 Å². The monoisotopic (exact) mass is 470 g/mol. The van der Waals surface area contributed by atoms with Crippen LogP contribution in [-0.2, 0) is 19.6 Å². The highest BCUT2D eigenvalue weighted by atomic mass is 16.2. The Hall–Kier alpha value is -4.37. The first-order chi connectivity index (χ1) is 17.7. The van der Waals surface area contributed by atoms with Crippen LogP contribution in [0.1, 0.15) is 32.7 Å². The molecule has 0 radical (unpaired) electrons. The van der Waals surface area contributed by atoms with Crippen LogP contribution in [0.5, 0.6) is 0 Å². The van der Waals surface area contributed by atoms with Gasteiger partial charge in [0.15, 0.2) is 0 Å². The molecule has 178 valence electrons. The molecule has 36 heavy (non-hydrogen) atoms. The highest BCUT2D eigenvalue weighted by Crippen LogP contribution is 2.21. The lowest BCUT2D eigenvalue weighted by Gasteiger charge is -2.24. The molecule has 0 aliphatic rings. The summed E-state index contributed by atoms with van der Waals surface area (Å²) in [5.74, 6) is 0.0292. The summed E-state index contributed by atoms with van der Waals surface area (Å²) in [4.78, 5) is 15.7. The molecule has 5 aromatic rings. The van der Waals surface area contributed by atoms with Crippen LogP contribution in [0.4, 0.5) is 0 Å². The maximum atomic E-state index is 13.7. The fourth-order valence-electron chi connectivity index (χ4n) is 4.45. The molecule has 5 rings (SSSR count). The van der Waals surface area contributed by atoms with Crippen LogP contribution in [-0.4, -0.2) is 15.4 Å². The fraction of sp³-hybridized carbons (Fsp3) is 0.121. The molecule has 1 heterocycles. The number of nitrogens with zero attached hydrogens (tertiary/aromatic N) is 2. The van der Waals surface area contributed by atoms with Crippen molar-refractivity contribution in [1.29, 1.82) is 0 Å². The summed E-state index contributed by atoms with van der Waals surface area (Å²) in [5, 5.41) is 0. The summed E-state index contributed by atoms with van der Waals surface area (Å²) >= 11 is 0. The molecule has 0 unspecified atom stereocenters. The number of hydrogen-bond acceptors (Lipinski definition) is 1. The largest absolute Gasteiger partial charge is 0.345 e. The van der Waals surface area contributed by atoms with Crippen molar-refractivity contribution in [1.82, 2.24) is 9.47 Å². The minimum atomic E-state index is 0.0292. The standard InChI is InChI=1S/C33H30N2O/c1-26-14-16-28(17-15-26)23-34-22-8-13-32(34)25-35(24-27-9-4-2-5-10-27)33(36)31-20-18-30(19-21-31)29-11-6-3-7-12-29/h2-22H,23-25H2,1H3. The molecule has 0 aliphatic heterocycles. The van der Waals surface area contributed by atoms with E-state index < -0.39 is 0 Å². The molecule has 1 amide bonds. The summed E-state index contributed by atoms with van der Waals surface area (Å²) in [6.45, 7) is 3.97. The molecule has 3 nitrogen and oxygen atoms in total. The van der Waals surface area contributed by atoms with Gasteiger partial charge < -0.3 is 9.47 Å². The number of carbonyl (C=O) groups is 1. The van der Waals surface area contributed by atoms with Gasteiger partial charge in [0.05, 0.1) is 6.54 Å². The van der Waals surface area contributed by atoms with E-state index in [1.54, 1.807) is 0 Å². The number of benzene rings is 4. The van der Waals surface area contributed by atoms with Gasteiger partial charge in [-0.1, -0.05) is 103 Å². The molecule has 0 saturated carbocycles. The third kappa shape index (κ3) is 5.64. The van der Waals surface area contributed by atoms with Gasteiger partial charge >= 0.3 is 0 Å². The van der Waals surface area contributed by atoms with Gasteiger partial charge in [-0.3, -0.25) is 4.79 Å². The second-order valence-corrected chi connectivity index (χ2v) is 9.20. The number of carbonyl (C=O) groups excluding carboxylic acids is 1. The molecule has 0 atom stereocenters. The molecule has 0 aliphatic carbocycles. The molecule has 0 spiro atoms. The molecule has 0 N–H and O–H groups in total. The second-order valence-electron chi connectivity index (χ2n) is 9.20. The van der Waals surface area contributed by atoms with E-state index in [2.05, 4.69) is 78.4 Å². The lowest BCUT2D eigenvalue weighted by molar-refractivity contribution is 0.0726. The van der Waals surface area contributed by atoms with E-state index in [4.69, 9.17) is 0 Å².